The van der Waals surface area contributed by atoms with Crippen LogP contribution in [0.4, 0.5) is 4.39 Å². The first-order valence-corrected chi connectivity index (χ1v) is 6.67. The molecule has 0 radical (unpaired) electrons. The van der Waals surface area contributed by atoms with Gasteiger partial charge in [0.1, 0.15) is 5.82 Å². The monoisotopic (exact) mass is 255 g/mol. The van der Waals surface area contributed by atoms with Crippen LogP contribution < -0.4 is 0 Å². The van der Waals surface area contributed by atoms with Gasteiger partial charge in [0.15, 0.2) is 0 Å². The molecule has 2 heteroatoms. The lowest BCUT2D eigenvalue weighted by atomic mass is 9.84. The minimum absolute atomic E-state index is 0.124. The van der Waals surface area contributed by atoms with E-state index in [0.717, 1.165) is 18.7 Å². The summed E-state index contributed by atoms with van der Waals surface area (Å²) >= 11 is 0. The summed E-state index contributed by atoms with van der Waals surface area (Å²) in [7, 11) is 2.14. The van der Waals surface area contributed by atoms with Gasteiger partial charge in [-0.1, -0.05) is 36.4 Å². The molecule has 0 saturated heterocycles. The van der Waals surface area contributed by atoms with Crippen molar-refractivity contribution >= 4 is 0 Å². The fourth-order valence-corrected chi connectivity index (χ4v) is 2.95. The van der Waals surface area contributed by atoms with E-state index in [9.17, 15) is 4.39 Å². The first-order chi connectivity index (χ1) is 9.15. The molecule has 0 N–H and O–H groups in total. The molecule has 0 spiro atoms. The molecular formula is C17H18FN. The zero-order valence-corrected chi connectivity index (χ0v) is 11.4. The number of benzene rings is 2. The third-order valence-electron chi connectivity index (χ3n) is 3.95. The number of hydrogen-bond acceptors (Lipinski definition) is 1. The van der Waals surface area contributed by atoms with Crippen molar-refractivity contribution < 1.29 is 4.39 Å². The minimum Gasteiger partial charge on any atom is -0.301 e. The number of fused-ring (bicyclic) bond motifs is 1. The molecule has 0 aliphatic carbocycles. The maximum Gasteiger partial charge on any atom is 0.126 e. The number of hydrogen-bond donors (Lipinski definition) is 0. The lowest BCUT2D eigenvalue weighted by Gasteiger charge is -2.32. The van der Waals surface area contributed by atoms with Crippen molar-refractivity contribution in [2.24, 2.45) is 0 Å². The first kappa shape index (κ1) is 12.4. The standard InChI is InChI=1S/C17H18FN/c1-12-9-13(7-8-17(12)18)16-11-19(2)10-14-5-3-4-6-15(14)16/h3-9,16H,10-11H2,1-2H3/t16-/m1/s1. The molecule has 2 aromatic carbocycles. The van der Waals surface area contributed by atoms with Crippen molar-refractivity contribution in [1.29, 1.82) is 0 Å². The van der Waals surface area contributed by atoms with Crippen molar-refractivity contribution in [3.8, 4) is 0 Å². The first-order valence-electron chi connectivity index (χ1n) is 6.67. The highest BCUT2D eigenvalue weighted by Crippen LogP contribution is 2.33. The van der Waals surface area contributed by atoms with Crippen LogP contribution in [0.25, 0.3) is 0 Å². The molecule has 0 saturated carbocycles. The Balaban J connectivity index is 2.07. The SMILES string of the molecule is Cc1cc([C@H]2CN(C)Cc3ccccc32)ccc1F. The molecular weight excluding hydrogens is 237 g/mol. The van der Waals surface area contributed by atoms with Gasteiger partial charge in [-0.3, -0.25) is 0 Å². The van der Waals surface area contributed by atoms with E-state index in [1.165, 1.54) is 16.7 Å². The molecule has 0 amide bonds. The van der Waals surface area contributed by atoms with Crippen molar-refractivity contribution in [1.82, 2.24) is 4.90 Å². The van der Waals surface area contributed by atoms with Gasteiger partial charge >= 0.3 is 0 Å². The second-order valence-electron chi connectivity index (χ2n) is 5.46. The molecule has 1 aliphatic rings. The Bertz CT molecular complexity index is 606. The zero-order chi connectivity index (χ0) is 13.4. The van der Waals surface area contributed by atoms with E-state index in [-0.39, 0.29) is 5.82 Å². The third kappa shape index (κ3) is 2.28. The molecule has 1 nitrogen and oxygen atoms in total. The highest BCUT2D eigenvalue weighted by Gasteiger charge is 2.24. The maximum atomic E-state index is 13.4. The van der Waals surface area contributed by atoms with Gasteiger partial charge in [0.05, 0.1) is 0 Å². The topological polar surface area (TPSA) is 3.24 Å². The van der Waals surface area contributed by atoms with Crippen molar-refractivity contribution in [3.05, 3.63) is 70.5 Å². The van der Waals surface area contributed by atoms with Crippen LogP contribution in [0.15, 0.2) is 42.5 Å². The van der Waals surface area contributed by atoms with Crippen molar-refractivity contribution in [2.75, 3.05) is 13.6 Å². The van der Waals surface area contributed by atoms with E-state index in [1.807, 2.05) is 19.1 Å². The Labute approximate surface area is 113 Å². The van der Waals surface area contributed by atoms with Crippen LogP contribution in [0.1, 0.15) is 28.2 Å². The van der Waals surface area contributed by atoms with Crippen LogP contribution in [0.5, 0.6) is 0 Å². The normalized spacial score (nSPS) is 19.2. The fraction of sp³-hybridized carbons (Fsp3) is 0.294. The highest BCUT2D eigenvalue weighted by atomic mass is 19.1. The number of halogens is 1. The van der Waals surface area contributed by atoms with E-state index in [1.54, 1.807) is 6.07 Å². The third-order valence-corrected chi connectivity index (χ3v) is 3.95. The van der Waals surface area contributed by atoms with Crippen molar-refractivity contribution in [2.45, 2.75) is 19.4 Å². The summed E-state index contributed by atoms with van der Waals surface area (Å²) in [5.41, 5.74) is 4.69. The molecule has 19 heavy (non-hydrogen) atoms. The summed E-state index contributed by atoms with van der Waals surface area (Å²) in [5, 5.41) is 0. The van der Waals surface area contributed by atoms with Gasteiger partial charge in [-0.2, -0.15) is 0 Å². The van der Waals surface area contributed by atoms with E-state index >= 15 is 0 Å². The smallest absolute Gasteiger partial charge is 0.126 e. The van der Waals surface area contributed by atoms with E-state index in [2.05, 4.69) is 36.2 Å². The van der Waals surface area contributed by atoms with E-state index in [4.69, 9.17) is 0 Å². The molecule has 3 rings (SSSR count). The predicted octanol–water partition coefficient (Wildman–Crippen LogP) is 3.71. The van der Waals surface area contributed by atoms with Crippen LogP contribution in [0.2, 0.25) is 0 Å². The quantitative estimate of drug-likeness (QED) is 0.751. The summed E-state index contributed by atoms with van der Waals surface area (Å²) < 4.78 is 13.4. The number of nitrogens with zero attached hydrogens (tertiary/aromatic N) is 1. The highest BCUT2D eigenvalue weighted by molar-refractivity contribution is 5.41. The van der Waals surface area contributed by atoms with Crippen LogP contribution in [-0.2, 0) is 6.54 Å². The lowest BCUT2D eigenvalue weighted by Crippen LogP contribution is -2.30. The molecule has 2 aromatic rings. The molecule has 0 bridgehead atoms. The molecule has 1 aliphatic heterocycles. The number of rotatable bonds is 1. The minimum atomic E-state index is -0.124. The fourth-order valence-electron chi connectivity index (χ4n) is 2.95. The molecule has 0 fully saturated rings. The Morgan fingerprint density at radius 1 is 1.16 bits per heavy atom. The van der Waals surface area contributed by atoms with Gasteiger partial charge < -0.3 is 4.90 Å². The Hall–Kier alpha value is -1.67. The summed E-state index contributed by atoms with van der Waals surface area (Å²) in [6.45, 7) is 3.81. The molecule has 98 valence electrons. The van der Waals surface area contributed by atoms with Gasteiger partial charge in [0.25, 0.3) is 0 Å². The number of aryl methyl sites for hydroxylation is 1. The van der Waals surface area contributed by atoms with Gasteiger partial charge in [0.2, 0.25) is 0 Å². The summed E-state index contributed by atoms with van der Waals surface area (Å²) in [6, 6.07) is 14.1. The predicted molar refractivity (Wildman–Crippen MR) is 75.8 cm³/mol. The Morgan fingerprint density at radius 2 is 1.95 bits per heavy atom. The van der Waals surface area contributed by atoms with E-state index in [0.29, 0.717) is 5.92 Å². The second kappa shape index (κ2) is 4.78. The van der Waals surface area contributed by atoms with Crippen molar-refractivity contribution in [3.63, 3.8) is 0 Å². The van der Waals surface area contributed by atoms with Gasteiger partial charge in [-0.15, -0.1) is 0 Å². The van der Waals surface area contributed by atoms with Crippen LogP contribution in [-0.4, -0.2) is 18.5 Å². The second-order valence-corrected chi connectivity index (χ2v) is 5.46. The van der Waals surface area contributed by atoms with Crippen LogP contribution >= 0.6 is 0 Å². The molecule has 1 atom stereocenters. The Morgan fingerprint density at radius 3 is 2.74 bits per heavy atom. The molecule has 1 heterocycles. The Kier molecular flexibility index (Phi) is 3.11. The van der Waals surface area contributed by atoms with Crippen LogP contribution in [0.3, 0.4) is 0 Å². The summed E-state index contributed by atoms with van der Waals surface area (Å²) in [4.78, 5) is 2.33. The summed E-state index contributed by atoms with van der Waals surface area (Å²) in [6.07, 6.45) is 0. The zero-order valence-electron chi connectivity index (χ0n) is 11.4. The van der Waals surface area contributed by atoms with Gasteiger partial charge in [-0.05, 0) is 42.3 Å². The molecule has 0 aromatic heterocycles. The summed E-state index contributed by atoms with van der Waals surface area (Å²) in [5.74, 6) is 0.218. The lowest BCUT2D eigenvalue weighted by molar-refractivity contribution is 0.295. The van der Waals surface area contributed by atoms with E-state index < -0.39 is 0 Å². The van der Waals surface area contributed by atoms with Gasteiger partial charge in [0, 0.05) is 19.0 Å². The van der Waals surface area contributed by atoms with Gasteiger partial charge in [-0.25, -0.2) is 4.39 Å². The largest absolute Gasteiger partial charge is 0.301 e. The average molecular weight is 255 g/mol. The average Bonchev–Trinajstić information content (AvgIpc) is 2.41. The number of likely N-dealkylation sites (N-methyl/N-ethyl adjacent to an activating group) is 1. The van der Waals surface area contributed by atoms with Crippen LogP contribution in [0, 0.1) is 12.7 Å². The maximum absolute atomic E-state index is 13.4. The molecule has 0 unspecified atom stereocenters.